The van der Waals surface area contributed by atoms with Crippen molar-refractivity contribution in [2.24, 2.45) is 0 Å². The molecular formula is C14H15F3N4O2S2. The number of thioether (sulfide) groups is 1. The van der Waals surface area contributed by atoms with Crippen molar-refractivity contribution >= 4 is 39.8 Å². The molecule has 0 unspecified atom stereocenters. The highest BCUT2D eigenvalue weighted by molar-refractivity contribution is 8.02. The highest BCUT2D eigenvalue weighted by atomic mass is 32.2. The van der Waals surface area contributed by atoms with Crippen LogP contribution in [0.3, 0.4) is 0 Å². The number of carbonyl (C=O) groups excluding carboxylic acids is 1. The first-order valence-electron chi connectivity index (χ1n) is 7.17. The molecule has 11 heteroatoms. The molecule has 0 spiro atoms. The largest absolute Gasteiger partial charge is 0.573 e. The predicted octanol–water partition coefficient (Wildman–Crippen LogP) is 3.99. The van der Waals surface area contributed by atoms with Gasteiger partial charge in [-0.05, 0) is 38.1 Å². The topological polar surface area (TPSA) is 76.1 Å². The van der Waals surface area contributed by atoms with Gasteiger partial charge >= 0.3 is 6.36 Å². The molecule has 0 saturated heterocycles. The van der Waals surface area contributed by atoms with E-state index in [9.17, 15) is 18.0 Å². The predicted molar refractivity (Wildman–Crippen MR) is 91.1 cm³/mol. The number of carbonyl (C=O) groups is 1. The van der Waals surface area contributed by atoms with Crippen LogP contribution in [0.15, 0.2) is 28.6 Å². The number of benzene rings is 1. The molecule has 2 rings (SSSR count). The monoisotopic (exact) mass is 392 g/mol. The molecule has 1 atom stereocenters. The molecule has 1 amide bonds. The van der Waals surface area contributed by atoms with E-state index in [1.54, 1.807) is 6.92 Å². The number of alkyl halides is 3. The van der Waals surface area contributed by atoms with Gasteiger partial charge in [0.1, 0.15) is 5.75 Å². The Bertz CT molecular complexity index is 707. The summed E-state index contributed by atoms with van der Waals surface area (Å²) in [5.74, 6) is -0.646. The van der Waals surface area contributed by atoms with E-state index >= 15 is 0 Å². The number of aromatic nitrogens is 2. The zero-order valence-corrected chi connectivity index (χ0v) is 14.9. The zero-order valence-electron chi connectivity index (χ0n) is 13.3. The lowest BCUT2D eigenvalue weighted by Crippen LogP contribution is -2.22. The fraction of sp³-hybridized carbons (Fsp3) is 0.357. The van der Waals surface area contributed by atoms with Gasteiger partial charge in [-0.3, -0.25) is 4.79 Å². The smallest absolute Gasteiger partial charge is 0.406 e. The average molecular weight is 392 g/mol. The van der Waals surface area contributed by atoms with Gasteiger partial charge in [0.2, 0.25) is 11.0 Å². The summed E-state index contributed by atoms with van der Waals surface area (Å²) in [6.07, 6.45) is -4.75. The third-order valence-electron chi connectivity index (χ3n) is 2.74. The average Bonchev–Trinajstić information content (AvgIpc) is 2.95. The Labute approximate surface area is 150 Å². The molecule has 1 aromatic carbocycles. The van der Waals surface area contributed by atoms with Gasteiger partial charge in [0.05, 0.1) is 5.25 Å². The lowest BCUT2D eigenvalue weighted by atomic mass is 10.3. The van der Waals surface area contributed by atoms with E-state index < -0.39 is 11.6 Å². The van der Waals surface area contributed by atoms with Gasteiger partial charge in [-0.1, -0.05) is 23.1 Å². The molecule has 0 bridgehead atoms. The second-order valence-electron chi connectivity index (χ2n) is 4.72. The summed E-state index contributed by atoms with van der Waals surface area (Å²) in [5.41, 5.74) is 0.373. The summed E-state index contributed by atoms with van der Waals surface area (Å²) in [4.78, 5) is 12.2. The number of ether oxygens (including phenoxy) is 1. The molecule has 2 aromatic rings. The maximum absolute atomic E-state index is 12.2. The summed E-state index contributed by atoms with van der Waals surface area (Å²) in [6.45, 7) is 4.37. The molecule has 136 valence electrons. The number of nitrogens with zero attached hydrogens (tertiary/aromatic N) is 2. The third-order valence-corrected chi connectivity index (χ3v) is 4.80. The second kappa shape index (κ2) is 8.39. The normalized spacial score (nSPS) is 12.5. The number of amides is 1. The van der Waals surface area contributed by atoms with E-state index in [1.165, 1.54) is 35.2 Å². The molecule has 1 aromatic heterocycles. The Kier molecular flexibility index (Phi) is 6.48. The Balaban J connectivity index is 1.89. The minimum absolute atomic E-state index is 0.297. The number of halogens is 3. The lowest BCUT2D eigenvalue weighted by Gasteiger charge is -2.12. The fourth-order valence-electron chi connectivity index (χ4n) is 1.67. The van der Waals surface area contributed by atoms with Crippen molar-refractivity contribution in [2.75, 3.05) is 17.2 Å². The quantitative estimate of drug-likeness (QED) is 0.694. The van der Waals surface area contributed by atoms with E-state index in [0.717, 1.165) is 18.7 Å². The van der Waals surface area contributed by atoms with E-state index in [-0.39, 0.29) is 11.7 Å². The number of anilines is 2. The highest BCUT2D eigenvalue weighted by Gasteiger charge is 2.31. The van der Waals surface area contributed by atoms with Crippen molar-refractivity contribution in [1.29, 1.82) is 0 Å². The van der Waals surface area contributed by atoms with Crippen LogP contribution in [-0.4, -0.2) is 34.3 Å². The van der Waals surface area contributed by atoms with Crippen LogP contribution in [0.5, 0.6) is 5.75 Å². The first kappa shape index (κ1) is 19.3. The standard InChI is InChI=1S/C14H15F3N4O2S2/c1-3-18-12-20-21-13(25-12)24-8(2)11(22)19-9-4-6-10(7-5-9)23-14(15,16)17/h4-8H,3H2,1-2H3,(H,18,20)(H,19,22)/t8-/m0/s1. The van der Waals surface area contributed by atoms with Gasteiger partial charge in [0, 0.05) is 12.2 Å². The molecule has 0 aliphatic carbocycles. The second-order valence-corrected chi connectivity index (χ2v) is 7.29. The summed E-state index contributed by atoms with van der Waals surface area (Å²) >= 11 is 2.59. The summed E-state index contributed by atoms with van der Waals surface area (Å²) in [5, 5.41) is 13.8. The van der Waals surface area contributed by atoms with Crippen LogP contribution in [-0.2, 0) is 4.79 Å². The Morgan fingerprint density at radius 2 is 2.00 bits per heavy atom. The van der Waals surface area contributed by atoms with Gasteiger partial charge in [-0.2, -0.15) is 0 Å². The Morgan fingerprint density at radius 3 is 2.60 bits per heavy atom. The molecular weight excluding hydrogens is 377 g/mol. The van der Waals surface area contributed by atoms with E-state index in [1.807, 2.05) is 6.92 Å². The lowest BCUT2D eigenvalue weighted by molar-refractivity contribution is -0.274. The van der Waals surface area contributed by atoms with Crippen molar-refractivity contribution in [1.82, 2.24) is 10.2 Å². The van der Waals surface area contributed by atoms with Crippen LogP contribution in [0.1, 0.15) is 13.8 Å². The number of nitrogens with one attached hydrogen (secondary N) is 2. The van der Waals surface area contributed by atoms with Crippen molar-refractivity contribution in [3.63, 3.8) is 0 Å². The van der Waals surface area contributed by atoms with Crippen molar-refractivity contribution in [3.05, 3.63) is 24.3 Å². The van der Waals surface area contributed by atoms with Gasteiger partial charge in [0.25, 0.3) is 0 Å². The van der Waals surface area contributed by atoms with Crippen LogP contribution in [0, 0.1) is 0 Å². The SMILES string of the molecule is CCNc1nnc(S[C@@H](C)C(=O)Nc2ccc(OC(F)(F)F)cc2)s1. The fourth-order valence-corrected chi connectivity index (χ4v) is 3.63. The summed E-state index contributed by atoms with van der Waals surface area (Å²) in [7, 11) is 0. The molecule has 1 heterocycles. The third kappa shape index (κ3) is 6.42. The van der Waals surface area contributed by atoms with Crippen LogP contribution < -0.4 is 15.4 Å². The number of rotatable bonds is 7. The molecule has 2 N–H and O–H groups in total. The summed E-state index contributed by atoms with van der Waals surface area (Å²) in [6, 6.07) is 4.94. The minimum atomic E-state index is -4.75. The molecule has 25 heavy (non-hydrogen) atoms. The first-order valence-corrected chi connectivity index (χ1v) is 8.87. The van der Waals surface area contributed by atoms with Gasteiger partial charge < -0.3 is 15.4 Å². The zero-order chi connectivity index (χ0) is 18.4. The van der Waals surface area contributed by atoms with Crippen molar-refractivity contribution < 1.29 is 22.7 Å². The van der Waals surface area contributed by atoms with Crippen LogP contribution >= 0.6 is 23.1 Å². The molecule has 0 aliphatic heterocycles. The minimum Gasteiger partial charge on any atom is -0.406 e. The Morgan fingerprint density at radius 1 is 1.32 bits per heavy atom. The van der Waals surface area contributed by atoms with Gasteiger partial charge in [-0.15, -0.1) is 23.4 Å². The highest BCUT2D eigenvalue weighted by Crippen LogP contribution is 2.29. The van der Waals surface area contributed by atoms with Crippen LogP contribution in [0.2, 0.25) is 0 Å². The Hall–Kier alpha value is -2.01. The van der Waals surface area contributed by atoms with Crippen LogP contribution in [0.25, 0.3) is 0 Å². The van der Waals surface area contributed by atoms with Gasteiger partial charge in [0.15, 0.2) is 4.34 Å². The van der Waals surface area contributed by atoms with E-state index in [0.29, 0.717) is 15.2 Å². The molecule has 0 aliphatic rings. The van der Waals surface area contributed by atoms with Crippen molar-refractivity contribution in [2.45, 2.75) is 29.8 Å². The maximum atomic E-state index is 12.2. The molecule has 0 fully saturated rings. The van der Waals surface area contributed by atoms with E-state index in [4.69, 9.17) is 0 Å². The molecule has 6 nitrogen and oxygen atoms in total. The van der Waals surface area contributed by atoms with Gasteiger partial charge in [-0.25, -0.2) is 0 Å². The maximum Gasteiger partial charge on any atom is 0.573 e. The molecule has 0 radical (unpaired) electrons. The summed E-state index contributed by atoms with van der Waals surface area (Å²) < 4.78 is 40.7. The van der Waals surface area contributed by atoms with Crippen LogP contribution in [0.4, 0.5) is 24.0 Å². The van der Waals surface area contributed by atoms with Crippen molar-refractivity contribution in [3.8, 4) is 5.75 Å². The first-order chi connectivity index (χ1) is 11.8. The number of hydrogen-bond donors (Lipinski definition) is 2. The number of hydrogen-bond acceptors (Lipinski definition) is 7. The van der Waals surface area contributed by atoms with E-state index in [2.05, 4.69) is 25.6 Å². The molecule has 0 saturated carbocycles.